The molecule has 0 saturated heterocycles. The van der Waals surface area contributed by atoms with Crippen LogP contribution in [0.15, 0.2) is 60.8 Å². The zero-order valence-corrected chi connectivity index (χ0v) is 16.9. The van der Waals surface area contributed by atoms with Crippen LogP contribution >= 0.6 is 0 Å². The standard InChI is InChI=1S/C23H30N2O4/c1-24(16-19-6-8-22(9-7-19)29-15-14-28-13-12-26)17-21(27)18-25-11-10-20-4-2-3-5-23(20)25/h2-11,21,26-27H,12-18H2,1H3. The van der Waals surface area contributed by atoms with Crippen LogP contribution in [0.3, 0.4) is 0 Å². The summed E-state index contributed by atoms with van der Waals surface area (Å²) in [6.45, 7) is 3.19. The fourth-order valence-corrected chi connectivity index (χ4v) is 3.40. The van der Waals surface area contributed by atoms with Gasteiger partial charge in [0.2, 0.25) is 0 Å². The highest BCUT2D eigenvalue weighted by molar-refractivity contribution is 5.79. The number of aromatic nitrogens is 1. The van der Waals surface area contributed by atoms with Gasteiger partial charge in [0.15, 0.2) is 0 Å². The van der Waals surface area contributed by atoms with Crippen molar-refractivity contribution in [3.05, 3.63) is 66.4 Å². The van der Waals surface area contributed by atoms with Gasteiger partial charge in [0.25, 0.3) is 0 Å². The molecule has 0 amide bonds. The predicted octanol–water partition coefficient (Wildman–Crippen LogP) is 2.52. The predicted molar refractivity (Wildman–Crippen MR) is 114 cm³/mol. The molecule has 0 aliphatic heterocycles. The Morgan fingerprint density at radius 3 is 2.59 bits per heavy atom. The fraction of sp³-hybridized carbons (Fsp3) is 0.391. The van der Waals surface area contributed by atoms with Gasteiger partial charge in [-0.3, -0.25) is 4.90 Å². The Balaban J connectivity index is 1.43. The zero-order chi connectivity index (χ0) is 20.5. The van der Waals surface area contributed by atoms with Gasteiger partial charge in [-0.2, -0.15) is 0 Å². The van der Waals surface area contributed by atoms with Crippen LogP contribution in [-0.4, -0.2) is 65.8 Å². The monoisotopic (exact) mass is 398 g/mol. The molecule has 3 rings (SSSR count). The van der Waals surface area contributed by atoms with Crippen molar-refractivity contribution in [2.45, 2.75) is 19.2 Å². The normalized spacial score (nSPS) is 12.6. The van der Waals surface area contributed by atoms with E-state index in [1.807, 2.05) is 49.6 Å². The lowest BCUT2D eigenvalue weighted by Crippen LogP contribution is -2.31. The Morgan fingerprint density at radius 1 is 1.00 bits per heavy atom. The molecule has 0 bridgehead atoms. The highest BCUT2D eigenvalue weighted by Crippen LogP contribution is 2.16. The minimum absolute atomic E-state index is 0.0267. The van der Waals surface area contributed by atoms with Crippen LogP contribution in [0.5, 0.6) is 5.75 Å². The van der Waals surface area contributed by atoms with Crippen LogP contribution in [0.4, 0.5) is 0 Å². The number of rotatable bonds is 12. The number of likely N-dealkylation sites (N-methyl/N-ethyl adjacent to an activating group) is 1. The van der Waals surface area contributed by atoms with Crippen molar-refractivity contribution in [2.75, 3.05) is 40.0 Å². The summed E-state index contributed by atoms with van der Waals surface area (Å²) in [5.41, 5.74) is 2.31. The molecule has 6 heteroatoms. The number of ether oxygens (including phenoxy) is 2. The lowest BCUT2D eigenvalue weighted by molar-refractivity contribution is 0.0705. The van der Waals surface area contributed by atoms with E-state index in [2.05, 4.69) is 27.7 Å². The van der Waals surface area contributed by atoms with Crippen LogP contribution in [0, 0.1) is 0 Å². The number of aliphatic hydroxyl groups excluding tert-OH is 2. The maximum absolute atomic E-state index is 10.5. The molecule has 3 aromatic rings. The van der Waals surface area contributed by atoms with Gasteiger partial charge in [0.05, 0.1) is 25.9 Å². The van der Waals surface area contributed by atoms with E-state index in [4.69, 9.17) is 14.6 Å². The van der Waals surface area contributed by atoms with E-state index in [-0.39, 0.29) is 6.61 Å². The third-order valence-corrected chi connectivity index (χ3v) is 4.72. The van der Waals surface area contributed by atoms with Crippen molar-refractivity contribution in [1.82, 2.24) is 9.47 Å². The molecule has 0 fully saturated rings. The first kappa shape index (κ1) is 21.3. The topological polar surface area (TPSA) is 67.1 Å². The van der Waals surface area contributed by atoms with E-state index >= 15 is 0 Å². The van der Waals surface area contributed by atoms with E-state index in [0.29, 0.717) is 32.9 Å². The lowest BCUT2D eigenvalue weighted by Gasteiger charge is -2.21. The molecular weight excluding hydrogens is 368 g/mol. The van der Waals surface area contributed by atoms with Gasteiger partial charge in [-0.15, -0.1) is 0 Å². The number of benzene rings is 2. The van der Waals surface area contributed by atoms with Gasteiger partial charge in [-0.25, -0.2) is 0 Å². The summed E-state index contributed by atoms with van der Waals surface area (Å²) < 4.78 is 12.9. The second-order valence-corrected chi connectivity index (χ2v) is 7.21. The van der Waals surface area contributed by atoms with Gasteiger partial charge in [0, 0.05) is 31.3 Å². The van der Waals surface area contributed by atoms with Gasteiger partial charge in [-0.1, -0.05) is 30.3 Å². The highest BCUT2D eigenvalue weighted by atomic mass is 16.5. The minimum atomic E-state index is -0.447. The van der Waals surface area contributed by atoms with Crippen molar-refractivity contribution in [1.29, 1.82) is 0 Å². The first-order chi connectivity index (χ1) is 14.2. The summed E-state index contributed by atoms with van der Waals surface area (Å²) in [5, 5.41) is 20.4. The van der Waals surface area contributed by atoms with Crippen LogP contribution in [0.1, 0.15) is 5.56 Å². The molecule has 0 aliphatic carbocycles. The quantitative estimate of drug-likeness (QED) is 0.459. The number of hydrogen-bond donors (Lipinski definition) is 2. The summed E-state index contributed by atoms with van der Waals surface area (Å²) in [7, 11) is 2.01. The smallest absolute Gasteiger partial charge is 0.119 e. The molecular formula is C23H30N2O4. The Hall–Kier alpha value is -2.38. The van der Waals surface area contributed by atoms with E-state index in [1.165, 1.54) is 5.39 Å². The third kappa shape index (κ3) is 6.58. The van der Waals surface area contributed by atoms with E-state index in [1.54, 1.807) is 0 Å². The third-order valence-electron chi connectivity index (χ3n) is 4.72. The van der Waals surface area contributed by atoms with Crippen LogP contribution in [0.25, 0.3) is 10.9 Å². The number of nitrogens with zero attached hydrogens (tertiary/aromatic N) is 2. The van der Waals surface area contributed by atoms with Crippen molar-refractivity contribution in [3.63, 3.8) is 0 Å². The molecule has 2 N–H and O–H groups in total. The van der Waals surface area contributed by atoms with Crippen LogP contribution in [0.2, 0.25) is 0 Å². The van der Waals surface area contributed by atoms with Gasteiger partial charge < -0.3 is 24.3 Å². The molecule has 0 spiro atoms. The van der Waals surface area contributed by atoms with Gasteiger partial charge in [0.1, 0.15) is 12.4 Å². The van der Waals surface area contributed by atoms with Gasteiger partial charge >= 0.3 is 0 Å². The Bertz CT molecular complexity index is 863. The minimum Gasteiger partial charge on any atom is -0.491 e. The molecule has 1 atom stereocenters. The Kier molecular flexibility index (Phi) is 8.07. The number of fused-ring (bicyclic) bond motifs is 1. The van der Waals surface area contributed by atoms with Crippen molar-refractivity contribution < 1.29 is 19.7 Å². The first-order valence-electron chi connectivity index (χ1n) is 9.96. The lowest BCUT2D eigenvalue weighted by atomic mass is 10.2. The van der Waals surface area contributed by atoms with E-state index in [9.17, 15) is 5.11 Å². The Morgan fingerprint density at radius 2 is 1.79 bits per heavy atom. The summed E-state index contributed by atoms with van der Waals surface area (Å²) in [6, 6.07) is 18.2. The average molecular weight is 399 g/mol. The molecule has 0 saturated carbocycles. The highest BCUT2D eigenvalue weighted by Gasteiger charge is 2.11. The van der Waals surface area contributed by atoms with E-state index in [0.717, 1.165) is 23.4 Å². The maximum atomic E-state index is 10.5. The second kappa shape index (κ2) is 11.0. The van der Waals surface area contributed by atoms with E-state index < -0.39 is 6.10 Å². The molecule has 1 unspecified atom stereocenters. The fourth-order valence-electron chi connectivity index (χ4n) is 3.40. The van der Waals surface area contributed by atoms with Gasteiger partial charge in [-0.05, 0) is 42.3 Å². The summed E-state index contributed by atoms with van der Waals surface area (Å²) in [6.07, 6.45) is 1.58. The maximum Gasteiger partial charge on any atom is 0.119 e. The van der Waals surface area contributed by atoms with Crippen molar-refractivity contribution in [2.24, 2.45) is 0 Å². The first-order valence-corrected chi connectivity index (χ1v) is 9.96. The number of para-hydroxylation sites is 1. The van der Waals surface area contributed by atoms with Crippen molar-refractivity contribution in [3.8, 4) is 5.75 Å². The zero-order valence-electron chi connectivity index (χ0n) is 16.9. The largest absolute Gasteiger partial charge is 0.491 e. The summed E-state index contributed by atoms with van der Waals surface area (Å²) in [4.78, 5) is 2.12. The average Bonchev–Trinajstić information content (AvgIpc) is 3.12. The molecule has 156 valence electrons. The molecule has 6 nitrogen and oxygen atoms in total. The second-order valence-electron chi connectivity index (χ2n) is 7.21. The number of aliphatic hydroxyl groups is 2. The molecule has 1 aromatic heterocycles. The molecule has 0 radical (unpaired) electrons. The number of hydrogen-bond acceptors (Lipinski definition) is 5. The Labute approximate surface area is 171 Å². The molecule has 29 heavy (non-hydrogen) atoms. The molecule has 0 aliphatic rings. The summed E-state index contributed by atoms with van der Waals surface area (Å²) in [5.74, 6) is 0.795. The van der Waals surface area contributed by atoms with Crippen molar-refractivity contribution >= 4 is 10.9 Å². The SMILES string of the molecule is CN(Cc1ccc(OCCOCCO)cc1)CC(O)Cn1ccc2ccccc21. The molecule has 2 aromatic carbocycles. The molecule has 1 heterocycles. The van der Waals surface area contributed by atoms with Crippen LogP contribution < -0.4 is 4.74 Å². The summed E-state index contributed by atoms with van der Waals surface area (Å²) >= 11 is 0. The van der Waals surface area contributed by atoms with Crippen LogP contribution in [-0.2, 0) is 17.8 Å².